The summed E-state index contributed by atoms with van der Waals surface area (Å²) < 4.78 is 5.06. The number of carbonyl (C=O) groups excluding carboxylic acids is 1. The Hall–Kier alpha value is -1.66. The van der Waals surface area contributed by atoms with Gasteiger partial charge in [0.15, 0.2) is 0 Å². The Labute approximate surface area is 127 Å². The van der Waals surface area contributed by atoms with Crippen LogP contribution >= 0.6 is 11.3 Å². The number of piperidine rings is 1. The van der Waals surface area contributed by atoms with E-state index in [0.29, 0.717) is 18.2 Å². The van der Waals surface area contributed by atoms with Crippen molar-refractivity contribution < 1.29 is 9.21 Å². The number of likely N-dealkylation sites (tertiary alicyclic amines) is 1. The highest BCUT2D eigenvalue weighted by molar-refractivity contribution is 7.13. The largest absolute Gasteiger partial charge is 0.472 e. The summed E-state index contributed by atoms with van der Waals surface area (Å²) in [7, 11) is 0. The molecule has 0 saturated carbocycles. The molecule has 0 spiro atoms. The lowest BCUT2D eigenvalue weighted by atomic mass is 9.90. The summed E-state index contributed by atoms with van der Waals surface area (Å²) in [5.41, 5.74) is 7.27. The van der Waals surface area contributed by atoms with Crippen molar-refractivity contribution in [1.29, 1.82) is 0 Å². The van der Waals surface area contributed by atoms with Crippen LogP contribution in [-0.4, -0.2) is 34.9 Å². The standard InChI is InChI=1S/C15H19N3O2S/c1-10-3-2-5-18(13(10)7-16)15(19)12-9-21-14(17-12)11-4-6-20-8-11/h4,6,8-10,13H,2-3,5,7,16H2,1H3. The molecule has 1 fully saturated rings. The fourth-order valence-electron chi connectivity index (χ4n) is 2.90. The van der Waals surface area contributed by atoms with Crippen molar-refractivity contribution in [2.45, 2.75) is 25.8 Å². The SMILES string of the molecule is CC1CCCN(C(=O)c2csc(-c3ccoc3)n2)C1CN. The fraction of sp³-hybridized carbons (Fsp3) is 0.467. The van der Waals surface area contributed by atoms with E-state index in [1.165, 1.54) is 11.3 Å². The van der Waals surface area contributed by atoms with E-state index in [-0.39, 0.29) is 11.9 Å². The lowest BCUT2D eigenvalue weighted by Gasteiger charge is -2.39. The average molecular weight is 305 g/mol. The molecule has 1 amide bonds. The molecular weight excluding hydrogens is 286 g/mol. The molecule has 3 rings (SSSR count). The smallest absolute Gasteiger partial charge is 0.273 e. The minimum absolute atomic E-state index is 0.0111. The molecule has 21 heavy (non-hydrogen) atoms. The van der Waals surface area contributed by atoms with Gasteiger partial charge in [-0.05, 0) is 24.8 Å². The summed E-state index contributed by atoms with van der Waals surface area (Å²) in [6.45, 7) is 3.43. The van der Waals surface area contributed by atoms with Gasteiger partial charge < -0.3 is 15.1 Å². The molecule has 1 aliphatic rings. The number of nitrogens with two attached hydrogens (primary N) is 1. The highest BCUT2D eigenvalue weighted by Gasteiger charge is 2.32. The minimum Gasteiger partial charge on any atom is -0.472 e. The number of carbonyl (C=O) groups is 1. The topological polar surface area (TPSA) is 72.4 Å². The molecule has 3 heterocycles. The van der Waals surface area contributed by atoms with Gasteiger partial charge in [-0.25, -0.2) is 4.98 Å². The summed E-state index contributed by atoms with van der Waals surface area (Å²) in [4.78, 5) is 19.0. The summed E-state index contributed by atoms with van der Waals surface area (Å²) in [5, 5.41) is 2.62. The first-order chi connectivity index (χ1) is 10.2. The van der Waals surface area contributed by atoms with Gasteiger partial charge in [-0.2, -0.15) is 0 Å². The van der Waals surface area contributed by atoms with Crippen molar-refractivity contribution in [1.82, 2.24) is 9.88 Å². The van der Waals surface area contributed by atoms with E-state index in [9.17, 15) is 4.79 Å². The van der Waals surface area contributed by atoms with Gasteiger partial charge in [0.1, 0.15) is 17.0 Å². The molecule has 6 heteroatoms. The minimum atomic E-state index is -0.0111. The highest BCUT2D eigenvalue weighted by atomic mass is 32.1. The molecule has 5 nitrogen and oxygen atoms in total. The number of thiazole rings is 1. The first-order valence-corrected chi connectivity index (χ1v) is 8.08. The van der Waals surface area contributed by atoms with Crippen LogP contribution < -0.4 is 5.73 Å². The maximum absolute atomic E-state index is 12.7. The van der Waals surface area contributed by atoms with E-state index >= 15 is 0 Å². The number of hydrogen-bond donors (Lipinski definition) is 1. The molecule has 112 valence electrons. The van der Waals surface area contributed by atoms with E-state index in [2.05, 4.69) is 11.9 Å². The Balaban J connectivity index is 1.81. The molecule has 2 unspecified atom stereocenters. The quantitative estimate of drug-likeness (QED) is 0.946. The number of amides is 1. The van der Waals surface area contributed by atoms with Crippen LogP contribution in [0.25, 0.3) is 10.6 Å². The van der Waals surface area contributed by atoms with Crippen molar-refractivity contribution in [3.63, 3.8) is 0 Å². The van der Waals surface area contributed by atoms with Crippen LogP contribution in [0.3, 0.4) is 0 Å². The molecule has 1 saturated heterocycles. The van der Waals surface area contributed by atoms with E-state index in [1.54, 1.807) is 12.5 Å². The van der Waals surface area contributed by atoms with Crippen LogP contribution in [0.1, 0.15) is 30.3 Å². The zero-order valence-corrected chi connectivity index (χ0v) is 12.8. The maximum atomic E-state index is 12.7. The Morgan fingerprint density at radius 1 is 1.62 bits per heavy atom. The van der Waals surface area contributed by atoms with Crippen molar-refractivity contribution in [2.24, 2.45) is 11.7 Å². The van der Waals surface area contributed by atoms with Crippen molar-refractivity contribution in [3.05, 3.63) is 29.7 Å². The maximum Gasteiger partial charge on any atom is 0.273 e. The van der Waals surface area contributed by atoms with Gasteiger partial charge in [0, 0.05) is 30.1 Å². The van der Waals surface area contributed by atoms with Gasteiger partial charge in [0.2, 0.25) is 0 Å². The normalized spacial score (nSPS) is 22.5. The zero-order chi connectivity index (χ0) is 14.8. The Morgan fingerprint density at radius 3 is 3.19 bits per heavy atom. The Morgan fingerprint density at radius 2 is 2.48 bits per heavy atom. The van der Waals surface area contributed by atoms with Gasteiger partial charge in [-0.1, -0.05) is 6.92 Å². The van der Waals surface area contributed by atoms with Gasteiger partial charge in [-0.15, -0.1) is 11.3 Å². The molecule has 0 radical (unpaired) electrons. The van der Waals surface area contributed by atoms with Gasteiger partial charge in [0.25, 0.3) is 5.91 Å². The third-order valence-electron chi connectivity index (χ3n) is 4.11. The lowest BCUT2D eigenvalue weighted by Crippen LogP contribution is -2.51. The number of aromatic nitrogens is 1. The van der Waals surface area contributed by atoms with Crippen molar-refractivity contribution in [3.8, 4) is 10.6 Å². The monoisotopic (exact) mass is 305 g/mol. The van der Waals surface area contributed by atoms with Crippen LogP contribution in [0.4, 0.5) is 0 Å². The van der Waals surface area contributed by atoms with Gasteiger partial charge >= 0.3 is 0 Å². The van der Waals surface area contributed by atoms with E-state index in [1.807, 2.05) is 16.3 Å². The molecular formula is C15H19N3O2S. The first kappa shape index (κ1) is 14.3. The third-order valence-corrected chi connectivity index (χ3v) is 5.00. The van der Waals surface area contributed by atoms with Crippen LogP contribution in [0.15, 0.2) is 28.4 Å². The first-order valence-electron chi connectivity index (χ1n) is 7.20. The number of furan rings is 1. The molecule has 2 N–H and O–H groups in total. The second-order valence-electron chi connectivity index (χ2n) is 5.47. The highest BCUT2D eigenvalue weighted by Crippen LogP contribution is 2.27. The predicted octanol–water partition coefficient (Wildman–Crippen LogP) is 2.60. The number of hydrogen-bond acceptors (Lipinski definition) is 5. The molecule has 2 atom stereocenters. The van der Waals surface area contributed by atoms with Crippen LogP contribution in [0, 0.1) is 5.92 Å². The molecule has 2 aromatic heterocycles. The van der Waals surface area contributed by atoms with Crippen LogP contribution in [-0.2, 0) is 0 Å². The predicted molar refractivity (Wildman–Crippen MR) is 82.1 cm³/mol. The third kappa shape index (κ3) is 2.73. The molecule has 0 bridgehead atoms. The van der Waals surface area contributed by atoms with Crippen LogP contribution in [0.2, 0.25) is 0 Å². The number of rotatable bonds is 3. The van der Waals surface area contributed by atoms with E-state index in [4.69, 9.17) is 10.2 Å². The molecule has 0 aliphatic carbocycles. The molecule has 2 aromatic rings. The fourth-order valence-corrected chi connectivity index (χ4v) is 3.68. The van der Waals surface area contributed by atoms with Crippen molar-refractivity contribution in [2.75, 3.05) is 13.1 Å². The van der Waals surface area contributed by atoms with Gasteiger partial charge in [-0.3, -0.25) is 4.79 Å². The second kappa shape index (κ2) is 5.99. The molecule has 0 aromatic carbocycles. The molecule has 1 aliphatic heterocycles. The van der Waals surface area contributed by atoms with Crippen LogP contribution in [0.5, 0.6) is 0 Å². The average Bonchev–Trinajstić information content (AvgIpc) is 3.16. The zero-order valence-electron chi connectivity index (χ0n) is 12.0. The van der Waals surface area contributed by atoms with E-state index < -0.39 is 0 Å². The summed E-state index contributed by atoms with van der Waals surface area (Å²) in [5.74, 6) is 0.433. The number of nitrogens with zero attached hydrogens (tertiary/aromatic N) is 2. The summed E-state index contributed by atoms with van der Waals surface area (Å²) >= 11 is 1.46. The van der Waals surface area contributed by atoms with Gasteiger partial charge in [0.05, 0.1) is 6.26 Å². The van der Waals surface area contributed by atoms with E-state index in [0.717, 1.165) is 30.0 Å². The van der Waals surface area contributed by atoms with Crippen molar-refractivity contribution >= 4 is 17.2 Å². The Bertz CT molecular complexity index is 608. The lowest BCUT2D eigenvalue weighted by molar-refractivity contribution is 0.0527. The second-order valence-corrected chi connectivity index (χ2v) is 6.33. The Kier molecular flexibility index (Phi) is 4.07. The summed E-state index contributed by atoms with van der Waals surface area (Å²) in [6.07, 6.45) is 5.40. The summed E-state index contributed by atoms with van der Waals surface area (Å²) in [6, 6.07) is 1.96.